The first-order valence-corrected chi connectivity index (χ1v) is 10.9. The summed E-state index contributed by atoms with van der Waals surface area (Å²) in [5.74, 6) is -3.24. The van der Waals surface area contributed by atoms with Crippen molar-refractivity contribution in [3.63, 3.8) is 0 Å². The lowest BCUT2D eigenvalue weighted by Gasteiger charge is -2.24. The standard InChI is InChI=1S/C22H23F4N5O4.H2/c23-17-9-15(31-13-16(35-22(31)33)11-28-21(32)20(25)26)10-18(24)19(17)29-5-6-30(34-8-7-29)12-14-1-3-27-4-2-14;/h1-4,9-10,16,20H,5-8,11-13H2,(H,28,32);1H/t16-;/m0./s1. The van der Waals surface area contributed by atoms with E-state index >= 15 is 8.78 Å². The molecule has 4 rings (SSSR count). The molecule has 1 N–H and O–H groups in total. The van der Waals surface area contributed by atoms with Gasteiger partial charge in [-0.15, -0.1) is 0 Å². The molecule has 0 aliphatic carbocycles. The Bertz CT molecular complexity index is 1040. The SMILES string of the molecule is O=C(NC[C@H]1CN(c2cc(F)c(N3CCON(Cc4ccncc4)CC3)c(F)c2)C(=O)O1)C(F)F.[HH]. The van der Waals surface area contributed by atoms with Gasteiger partial charge >= 0.3 is 12.5 Å². The summed E-state index contributed by atoms with van der Waals surface area (Å²) in [7, 11) is 0. The number of hydroxylamine groups is 2. The van der Waals surface area contributed by atoms with Crippen molar-refractivity contribution >= 4 is 23.4 Å². The highest BCUT2D eigenvalue weighted by atomic mass is 19.3. The van der Waals surface area contributed by atoms with Crippen molar-refractivity contribution < 1.29 is 38.2 Å². The van der Waals surface area contributed by atoms with Crippen LogP contribution in [0.1, 0.15) is 6.99 Å². The highest BCUT2D eigenvalue weighted by Crippen LogP contribution is 2.31. The molecule has 0 spiro atoms. The van der Waals surface area contributed by atoms with Crippen LogP contribution < -0.4 is 15.1 Å². The van der Waals surface area contributed by atoms with Crippen molar-refractivity contribution in [2.24, 2.45) is 0 Å². The largest absolute Gasteiger partial charge is 0.442 e. The zero-order valence-corrected chi connectivity index (χ0v) is 18.5. The number of ether oxygens (including phenoxy) is 1. The number of cyclic esters (lactones) is 1. The van der Waals surface area contributed by atoms with Crippen molar-refractivity contribution in [3.8, 4) is 0 Å². The van der Waals surface area contributed by atoms with Crippen molar-refractivity contribution in [2.45, 2.75) is 19.1 Å². The van der Waals surface area contributed by atoms with Crippen LogP contribution in [0, 0.1) is 11.6 Å². The van der Waals surface area contributed by atoms with Crippen LogP contribution in [0.3, 0.4) is 0 Å². The first kappa shape index (κ1) is 24.7. The number of nitrogens with one attached hydrogen (secondary N) is 1. The van der Waals surface area contributed by atoms with Crippen LogP contribution in [0.15, 0.2) is 36.7 Å². The number of anilines is 2. The second-order valence-electron chi connectivity index (χ2n) is 7.96. The predicted molar refractivity (Wildman–Crippen MR) is 118 cm³/mol. The molecule has 0 unspecified atom stereocenters. The summed E-state index contributed by atoms with van der Waals surface area (Å²) < 4.78 is 59.7. The number of alkyl halides is 2. The Morgan fingerprint density at radius 2 is 1.89 bits per heavy atom. The van der Waals surface area contributed by atoms with E-state index in [1.54, 1.807) is 17.5 Å². The van der Waals surface area contributed by atoms with Crippen molar-refractivity contribution in [1.29, 1.82) is 0 Å². The summed E-state index contributed by atoms with van der Waals surface area (Å²) in [5.41, 5.74) is 0.665. The fraction of sp³-hybridized carbons (Fsp3) is 0.409. The highest BCUT2D eigenvalue weighted by Gasteiger charge is 2.34. The maximum atomic E-state index is 15.0. The number of aromatic nitrogens is 1. The second-order valence-corrected chi connectivity index (χ2v) is 7.96. The summed E-state index contributed by atoms with van der Waals surface area (Å²) in [6, 6.07) is 5.73. The van der Waals surface area contributed by atoms with Gasteiger partial charge < -0.3 is 15.0 Å². The van der Waals surface area contributed by atoms with Crippen LogP contribution in [-0.4, -0.2) is 73.9 Å². The molecule has 1 aromatic carbocycles. The number of amides is 2. The highest BCUT2D eigenvalue weighted by molar-refractivity contribution is 5.90. The van der Waals surface area contributed by atoms with Crippen LogP contribution in [0.25, 0.3) is 0 Å². The number of pyridine rings is 1. The van der Waals surface area contributed by atoms with E-state index < -0.39 is 36.2 Å². The van der Waals surface area contributed by atoms with E-state index in [1.807, 2.05) is 17.4 Å². The van der Waals surface area contributed by atoms with E-state index in [4.69, 9.17) is 9.57 Å². The molecule has 1 aromatic heterocycles. The normalized spacial score (nSPS) is 19.1. The maximum absolute atomic E-state index is 15.0. The Kier molecular flexibility index (Phi) is 7.66. The number of rotatable bonds is 7. The van der Waals surface area contributed by atoms with Crippen molar-refractivity contribution in [1.82, 2.24) is 15.4 Å². The van der Waals surface area contributed by atoms with Gasteiger partial charge in [-0.1, -0.05) is 0 Å². The van der Waals surface area contributed by atoms with Gasteiger partial charge in [0, 0.05) is 52.1 Å². The third-order valence-corrected chi connectivity index (χ3v) is 5.57. The molecule has 2 aliphatic heterocycles. The molecule has 35 heavy (non-hydrogen) atoms. The number of carbonyl (C=O) groups is 2. The maximum Gasteiger partial charge on any atom is 0.414 e. The summed E-state index contributed by atoms with van der Waals surface area (Å²) in [4.78, 5) is 35.4. The molecule has 0 bridgehead atoms. The molecule has 2 amide bonds. The Morgan fingerprint density at radius 3 is 2.57 bits per heavy atom. The molecule has 1 atom stereocenters. The average Bonchev–Trinajstić information content (AvgIpc) is 3.05. The Hall–Kier alpha value is -3.45. The minimum Gasteiger partial charge on any atom is -0.442 e. The van der Waals surface area contributed by atoms with Crippen LogP contribution in [0.5, 0.6) is 0 Å². The predicted octanol–water partition coefficient (Wildman–Crippen LogP) is 2.57. The number of carbonyl (C=O) groups excluding carboxylic acids is 2. The lowest BCUT2D eigenvalue weighted by molar-refractivity contribution is -0.154. The molecule has 0 saturated carbocycles. The van der Waals surface area contributed by atoms with E-state index in [0.29, 0.717) is 19.6 Å². The van der Waals surface area contributed by atoms with Crippen LogP contribution in [0.2, 0.25) is 0 Å². The summed E-state index contributed by atoms with van der Waals surface area (Å²) in [5, 5.41) is 3.66. The van der Waals surface area contributed by atoms with Gasteiger partial charge in [0.05, 0.1) is 25.4 Å². The van der Waals surface area contributed by atoms with Crippen LogP contribution in [0.4, 0.5) is 33.7 Å². The number of nitrogens with zero attached hydrogens (tertiary/aromatic N) is 4. The minimum atomic E-state index is -3.20. The molecule has 2 saturated heterocycles. The van der Waals surface area contributed by atoms with Gasteiger partial charge in [0.15, 0.2) is 11.6 Å². The number of halogens is 4. The third kappa shape index (κ3) is 5.98. The molecule has 2 aromatic rings. The fourth-order valence-corrected chi connectivity index (χ4v) is 3.87. The van der Waals surface area contributed by atoms with Gasteiger partial charge in [0.2, 0.25) is 0 Å². The molecule has 3 heterocycles. The Balaban J connectivity index is 0.00000361. The van der Waals surface area contributed by atoms with E-state index in [2.05, 4.69) is 4.98 Å². The first-order valence-electron chi connectivity index (χ1n) is 10.9. The summed E-state index contributed by atoms with van der Waals surface area (Å²) in [6.45, 7) is 1.15. The number of hydrogen-bond donors (Lipinski definition) is 1. The molecule has 13 heteroatoms. The van der Waals surface area contributed by atoms with Gasteiger partial charge in [0.25, 0.3) is 5.91 Å². The smallest absolute Gasteiger partial charge is 0.414 e. The third-order valence-electron chi connectivity index (χ3n) is 5.57. The topological polar surface area (TPSA) is 87.2 Å². The zero-order chi connectivity index (χ0) is 24.9. The Labute approximate surface area is 199 Å². The van der Waals surface area contributed by atoms with Crippen LogP contribution in [-0.2, 0) is 20.9 Å². The fourth-order valence-electron chi connectivity index (χ4n) is 3.87. The number of benzene rings is 1. The monoisotopic (exact) mass is 499 g/mol. The van der Waals surface area contributed by atoms with Crippen molar-refractivity contribution in [2.75, 3.05) is 49.1 Å². The summed E-state index contributed by atoms with van der Waals surface area (Å²) in [6.07, 6.45) is -1.70. The molecule has 2 fully saturated rings. The molecule has 0 radical (unpaired) electrons. The molecule has 190 valence electrons. The molecule has 2 aliphatic rings. The van der Waals surface area contributed by atoms with E-state index in [9.17, 15) is 18.4 Å². The lowest BCUT2D eigenvalue weighted by Crippen LogP contribution is -2.37. The van der Waals surface area contributed by atoms with Gasteiger partial charge in [-0.05, 0) is 17.7 Å². The van der Waals surface area contributed by atoms with E-state index in [0.717, 1.165) is 22.6 Å². The van der Waals surface area contributed by atoms with Gasteiger partial charge in [0.1, 0.15) is 11.8 Å². The van der Waals surface area contributed by atoms with Gasteiger partial charge in [-0.25, -0.2) is 13.6 Å². The van der Waals surface area contributed by atoms with Gasteiger partial charge in [-0.2, -0.15) is 13.8 Å². The van der Waals surface area contributed by atoms with Gasteiger partial charge in [-0.3, -0.25) is 19.5 Å². The second kappa shape index (κ2) is 10.9. The summed E-state index contributed by atoms with van der Waals surface area (Å²) >= 11 is 0. The number of hydrogen-bond acceptors (Lipinski definition) is 7. The van der Waals surface area contributed by atoms with E-state index in [1.165, 1.54) is 4.90 Å². The molecular formula is C22H25F4N5O4. The molecular weight excluding hydrogens is 474 g/mol. The first-order chi connectivity index (χ1) is 16.8. The Morgan fingerprint density at radius 1 is 1.17 bits per heavy atom. The average molecular weight is 499 g/mol. The lowest BCUT2D eigenvalue weighted by atomic mass is 10.2. The minimum absolute atomic E-state index is 0. The quantitative estimate of drug-likeness (QED) is 0.586. The van der Waals surface area contributed by atoms with E-state index in [-0.39, 0.29) is 39.0 Å². The molecule has 9 nitrogen and oxygen atoms in total. The van der Waals surface area contributed by atoms with Crippen molar-refractivity contribution in [3.05, 3.63) is 53.9 Å². The zero-order valence-electron chi connectivity index (χ0n) is 18.5. The van der Waals surface area contributed by atoms with Crippen LogP contribution >= 0.6 is 0 Å².